The molecule has 1 aromatic heterocycles. The summed E-state index contributed by atoms with van der Waals surface area (Å²) in [5.74, 6) is 0.179. The number of aryl methyl sites for hydroxylation is 1. The van der Waals surface area contributed by atoms with Crippen LogP contribution in [0.2, 0.25) is 0 Å². The molecule has 28 heavy (non-hydrogen) atoms. The molecule has 8 heteroatoms. The second-order valence-corrected chi connectivity index (χ2v) is 10.6. The summed E-state index contributed by atoms with van der Waals surface area (Å²) in [7, 11) is -3.67. The fraction of sp³-hybridized carbons (Fsp3) is 0.450. The zero-order valence-corrected chi connectivity index (χ0v) is 17.4. The molecular formula is C20H23FN2O3S2. The van der Waals surface area contributed by atoms with Gasteiger partial charge in [0, 0.05) is 31.1 Å². The van der Waals surface area contributed by atoms with Gasteiger partial charge in [-0.25, -0.2) is 12.8 Å². The van der Waals surface area contributed by atoms with E-state index >= 15 is 0 Å². The first kappa shape index (κ1) is 19.5. The van der Waals surface area contributed by atoms with E-state index in [9.17, 15) is 17.6 Å². The first-order chi connectivity index (χ1) is 13.3. The summed E-state index contributed by atoms with van der Waals surface area (Å²) >= 11 is 1.59. The number of carbonyl (C=O) groups is 1. The zero-order chi connectivity index (χ0) is 19.9. The molecule has 1 fully saturated rings. The second-order valence-electron chi connectivity index (χ2n) is 7.56. The molecule has 0 N–H and O–H groups in total. The highest BCUT2D eigenvalue weighted by Gasteiger charge is 2.31. The molecule has 1 amide bonds. The maximum Gasteiger partial charge on any atom is 0.264 e. The van der Waals surface area contributed by atoms with Gasteiger partial charge in [-0.3, -0.25) is 4.79 Å². The fourth-order valence-electron chi connectivity index (χ4n) is 3.85. The van der Waals surface area contributed by atoms with Gasteiger partial charge in [0.2, 0.25) is 10.0 Å². The fourth-order valence-corrected chi connectivity index (χ4v) is 6.45. The Balaban J connectivity index is 1.42. The van der Waals surface area contributed by atoms with Crippen LogP contribution in [-0.4, -0.2) is 49.7 Å². The lowest BCUT2D eigenvalue weighted by atomic mass is 9.90. The van der Waals surface area contributed by atoms with Crippen LogP contribution in [0, 0.1) is 11.7 Å². The van der Waals surface area contributed by atoms with Crippen LogP contribution in [0.4, 0.5) is 4.39 Å². The number of amides is 1. The average molecular weight is 423 g/mol. The highest BCUT2D eigenvalue weighted by Crippen LogP contribution is 2.33. The Bertz CT molecular complexity index is 977. The van der Waals surface area contributed by atoms with Gasteiger partial charge in [0.1, 0.15) is 5.82 Å². The van der Waals surface area contributed by atoms with Crippen molar-refractivity contribution in [2.24, 2.45) is 5.92 Å². The van der Waals surface area contributed by atoms with Crippen LogP contribution >= 0.6 is 11.3 Å². The number of piperazine rings is 1. The second kappa shape index (κ2) is 7.57. The Morgan fingerprint density at radius 1 is 1.14 bits per heavy atom. The summed E-state index contributed by atoms with van der Waals surface area (Å²) in [6, 6.07) is 6.87. The van der Waals surface area contributed by atoms with Crippen LogP contribution < -0.4 is 0 Å². The number of fused-ring (bicyclic) bond motifs is 1. The number of hydrogen-bond acceptors (Lipinski definition) is 4. The number of thiophene rings is 1. The molecule has 0 unspecified atom stereocenters. The minimum atomic E-state index is -3.67. The summed E-state index contributed by atoms with van der Waals surface area (Å²) in [5, 5.41) is 0. The Hall–Kier alpha value is -1.77. The van der Waals surface area contributed by atoms with Crippen LogP contribution in [-0.2, 0) is 22.9 Å². The average Bonchev–Trinajstić information content (AvgIpc) is 3.11. The van der Waals surface area contributed by atoms with Gasteiger partial charge < -0.3 is 4.90 Å². The minimum Gasteiger partial charge on any atom is -0.335 e. The molecule has 5 nitrogen and oxygen atoms in total. The summed E-state index contributed by atoms with van der Waals surface area (Å²) in [6.07, 6.45) is 3.24. The molecule has 2 heterocycles. The van der Waals surface area contributed by atoms with Crippen molar-refractivity contribution in [3.63, 3.8) is 0 Å². The molecule has 0 spiro atoms. The molecule has 0 saturated carbocycles. The maximum atomic E-state index is 13.1. The van der Waals surface area contributed by atoms with E-state index in [1.807, 2.05) is 6.07 Å². The van der Waals surface area contributed by atoms with E-state index in [-0.39, 0.29) is 23.9 Å². The molecule has 1 saturated heterocycles. The molecule has 2 aromatic rings. The third kappa shape index (κ3) is 3.73. The zero-order valence-electron chi connectivity index (χ0n) is 15.7. The summed E-state index contributed by atoms with van der Waals surface area (Å²) in [4.78, 5) is 16.8. The topological polar surface area (TPSA) is 57.7 Å². The first-order valence-corrected chi connectivity index (χ1v) is 11.8. The van der Waals surface area contributed by atoms with E-state index < -0.39 is 15.8 Å². The van der Waals surface area contributed by atoms with E-state index in [1.54, 1.807) is 16.2 Å². The molecule has 4 rings (SSSR count). The van der Waals surface area contributed by atoms with Gasteiger partial charge in [-0.2, -0.15) is 4.31 Å². The highest BCUT2D eigenvalue weighted by molar-refractivity contribution is 7.89. The van der Waals surface area contributed by atoms with Gasteiger partial charge in [0.05, 0.1) is 9.77 Å². The molecule has 0 radical (unpaired) electrons. The molecule has 1 aliphatic heterocycles. The van der Waals surface area contributed by atoms with Gasteiger partial charge >= 0.3 is 0 Å². The summed E-state index contributed by atoms with van der Waals surface area (Å²) in [5.41, 5.74) is 1.30. The number of rotatable bonds is 3. The number of carbonyl (C=O) groups excluding carboxylic acids is 1. The van der Waals surface area contributed by atoms with Crippen LogP contribution in [0.1, 0.15) is 33.5 Å². The summed E-state index contributed by atoms with van der Waals surface area (Å²) in [6.45, 7) is 3.44. The largest absolute Gasteiger partial charge is 0.335 e. The van der Waals surface area contributed by atoms with Crippen molar-refractivity contribution in [3.8, 4) is 0 Å². The standard InChI is InChI=1S/C20H23FN2O3S2/c1-14-2-7-18-15(12-14)13-19(27-18)20(24)22-8-10-23(11-9-22)28(25,26)17-5-3-16(21)4-6-17/h3-6,13-14H,2,7-12H2,1H3/t14-/m1/s1. The Morgan fingerprint density at radius 3 is 2.50 bits per heavy atom. The van der Waals surface area contributed by atoms with Crippen molar-refractivity contribution < 1.29 is 17.6 Å². The summed E-state index contributed by atoms with van der Waals surface area (Å²) < 4.78 is 39.9. The van der Waals surface area contributed by atoms with E-state index in [0.29, 0.717) is 19.0 Å². The monoisotopic (exact) mass is 422 g/mol. The van der Waals surface area contributed by atoms with Crippen molar-refractivity contribution >= 4 is 27.3 Å². The van der Waals surface area contributed by atoms with E-state index in [0.717, 1.165) is 29.9 Å². The van der Waals surface area contributed by atoms with Gasteiger partial charge in [0.15, 0.2) is 0 Å². The third-order valence-corrected chi connectivity index (χ3v) is 8.66. The van der Waals surface area contributed by atoms with Crippen molar-refractivity contribution in [1.82, 2.24) is 9.21 Å². The smallest absolute Gasteiger partial charge is 0.264 e. The van der Waals surface area contributed by atoms with Crippen molar-refractivity contribution in [1.29, 1.82) is 0 Å². The molecule has 1 atom stereocenters. The van der Waals surface area contributed by atoms with Crippen LogP contribution in [0.5, 0.6) is 0 Å². The van der Waals surface area contributed by atoms with Gasteiger partial charge in [0.25, 0.3) is 5.91 Å². The third-order valence-electron chi connectivity index (χ3n) is 5.52. The van der Waals surface area contributed by atoms with Crippen molar-refractivity contribution in [3.05, 3.63) is 51.5 Å². The van der Waals surface area contributed by atoms with Crippen LogP contribution in [0.25, 0.3) is 0 Å². The first-order valence-electron chi connectivity index (χ1n) is 9.51. The number of benzene rings is 1. The van der Waals surface area contributed by atoms with E-state index in [4.69, 9.17) is 0 Å². The lowest BCUT2D eigenvalue weighted by molar-refractivity contribution is 0.0702. The number of hydrogen-bond donors (Lipinski definition) is 0. The number of nitrogens with zero attached hydrogens (tertiary/aromatic N) is 2. The molecule has 1 aliphatic carbocycles. The Morgan fingerprint density at radius 2 is 1.82 bits per heavy atom. The van der Waals surface area contributed by atoms with Crippen LogP contribution in [0.15, 0.2) is 35.2 Å². The van der Waals surface area contributed by atoms with Crippen LogP contribution in [0.3, 0.4) is 0 Å². The van der Waals surface area contributed by atoms with Crippen molar-refractivity contribution in [2.75, 3.05) is 26.2 Å². The quantitative estimate of drug-likeness (QED) is 0.764. The lowest BCUT2D eigenvalue weighted by Crippen LogP contribution is -2.50. The molecular weight excluding hydrogens is 399 g/mol. The molecule has 1 aromatic carbocycles. The SMILES string of the molecule is C[C@@H]1CCc2sc(C(=O)N3CCN(S(=O)(=O)c4ccc(F)cc4)CC3)cc2C1. The highest BCUT2D eigenvalue weighted by atomic mass is 32.2. The van der Waals surface area contributed by atoms with Crippen molar-refractivity contribution in [2.45, 2.75) is 31.1 Å². The molecule has 150 valence electrons. The minimum absolute atomic E-state index is 0.00844. The normalized spacial score (nSPS) is 20.8. The molecule has 2 aliphatic rings. The lowest BCUT2D eigenvalue weighted by Gasteiger charge is -2.33. The van der Waals surface area contributed by atoms with E-state index in [2.05, 4.69) is 6.92 Å². The molecule has 0 bridgehead atoms. The van der Waals surface area contributed by atoms with E-state index in [1.165, 1.54) is 33.3 Å². The van der Waals surface area contributed by atoms with Gasteiger partial charge in [-0.15, -0.1) is 11.3 Å². The Labute approximate surface area is 168 Å². The Kier molecular flexibility index (Phi) is 5.28. The number of sulfonamides is 1. The maximum absolute atomic E-state index is 13.1. The predicted octanol–water partition coefficient (Wildman–Crippen LogP) is 3.16. The number of halogens is 1. The predicted molar refractivity (Wildman–Crippen MR) is 107 cm³/mol. The van der Waals surface area contributed by atoms with Gasteiger partial charge in [-0.1, -0.05) is 6.92 Å². The van der Waals surface area contributed by atoms with Gasteiger partial charge in [-0.05, 0) is 61.1 Å².